The van der Waals surface area contributed by atoms with Crippen LogP contribution in [0.1, 0.15) is 0 Å². The number of nitrogens with zero attached hydrogens (tertiary/aromatic N) is 1. The highest BCUT2D eigenvalue weighted by Gasteiger charge is 2.25. The third-order valence-corrected chi connectivity index (χ3v) is 3.24. The maximum atomic E-state index is 11.1. The second kappa shape index (κ2) is 4.76. The van der Waals surface area contributed by atoms with Gasteiger partial charge in [-0.25, -0.2) is 8.42 Å². The predicted molar refractivity (Wildman–Crippen MR) is 59.2 cm³/mol. The van der Waals surface area contributed by atoms with Crippen LogP contribution >= 0.6 is 10.7 Å². The molecule has 0 N–H and O–H groups in total. The number of methoxy groups -OCH3 is 2. The molecular formula is C8H8ClNO6S. The van der Waals surface area contributed by atoms with Gasteiger partial charge in [0.15, 0.2) is 5.75 Å². The number of benzene rings is 1. The maximum absolute atomic E-state index is 11.1. The summed E-state index contributed by atoms with van der Waals surface area (Å²) in [5.41, 5.74) is -0.536. The highest BCUT2D eigenvalue weighted by Crippen LogP contribution is 2.39. The Morgan fingerprint density at radius 3 is 2.24 bits per heavy atom. The third kappa shape index (κ3) is 2.77. The summed E-state index contributed by atoms with van der Waals surface area (Å²) >= 11 is 0. The lowest BCUT2D eigenvalue weighted by molar-refractivity contribution is -0.386. The van der Waals surface area contributed by atoms with E-state index in [0.29, 0.717) is 0 Å². The highest BCUT2D eigenvalue weighted by molar-refractivity contribution is 8.13. The SMILES string of the molecule is COc1cc(S(=O)(=O)Cl)cc([N+](=O)[O-])c1OC. The monoisotopic (exact) mass is 281 g/mol. The second-order valence-electron chi connectivity index (χ2n) is 2.87. The Hall–Kier alpha value is -1.54. The van der Waals surface area contributed by atoms with Gasteiger partial charge >= 0.3 is 5.69 Å². The van der Waals surface area contributed by atoms with Crippen molar-refractivity contribution in [3.8, 4) is 11.5 Å². The van der Waals surface area contributed by atoms with E-state index in [1.807, 2.05) is 0 Å². The van der Waals surface area contributed by atoms with Crippen molar-refractivity contribution < 1.29 is 22.8 Å². The van der Waals surface area contributed by atoms with Crippen molar-refractivity contribution in [3.63, 3.8) is 0 Å². The molecule has 1 aromatic rings. The molecule has 0 atom stereocenters. The molecule has 7 nitrogen and oxygen atoms in total. The van der Waals surface area contributed by atoms with Crippen molar-refractivity contribution in [2.45, 2.75) is 4.90 Å². The van der Waals surface area contributed by atoms with Gasteiger partial charge in [0, 0.05) is 22.8 Å². The summed E-state index contributed by atoms with van der Waals surface area (Å²) in [5, 5.41) is 10.8. The van der Waals surface area contributed by atoms with Gasteiger partial charge in [0.1, 0.15) is 0 Å². The van der Waals surface area contributed by atoms with Crippen LogP contribution in [0.3, 0.4) is 0 Å². The van der Waals surface area contributed by atoms with E-state index in [0.717, 1.165) is 12.1 Å². The minimum atomic E-state index is -4.08. The molecule has 0 bridgehead atoms. The van der Waals surface area contributed by atoms with Crippen molar-refractivity contribution in [2.75, 3.05) is 14.2 Å². The molecule has 0 spiro atoms. The number of rotatable bonds is 4. The molecule has 0 saturated carbocycles. The minimum Gasteiger partial charge on any atom is -0.493 e. The summed E-state index contributed by atoms with van der Waals surface area (Å²) in [5.74, 6) is -0.248. The van der Waals surface area contributed by atoms with Crippen LogP contribution in [0.4, 0.5) is 5.69 Å². The van der Waals surface area contributed by atoms with Crippen LogP contribution in [0.2, 0.25) is 0 Å². The molecule has 0 aromatic heterocycles. The topological polar surface area (TPSA) is 95.7 Å². The van der Waals surface area contributed by atoms with E-state index < -0.39 is 24.6 Å². The second-order valence-corrected chi connectivity index (χ2v) is 5.44. The smallest absolute Gasteiger partial charge is 0.316 e. The van der Waals surface area contributed by atoms with Gasteiger partial charge in [0.2, 0.25) is 5.75 Å². The number of hydrogen-bond donors (Lipinski definition) is 0. The van der Waals surface area contributed by atoms with Crippen molar-refractivity contribution in [2.24, 2.45) is 0 Å². The van der Waals surface area contributed by atoms with Gasteiger partial charge in [0.05, 0.1) is 24.0 Å². The zero-order valence-corrected chi connectivity index (χ0v) is 10.4. The Morgan fingerprint density at radius 2 is 1.88 bits per heavy atom. The summed E-state index contributed by atoms with van der Waals surface area (Å²) in [6, 6.07) is 1.86. The molecule has 0 unspecified atom stereocenters. The standard InChI is InChI=1S/C8H8ClNO6S/c1-15-7-4-5(17(9,13)14)3-6(10(11)12)8(7)16-2/h3-4H,1-2H3. The van der Waals surface area contributed by atoms with Crippen LogP contribution in [0, 0.1) is 10.1 Å². The highest BCUT2D eigenvalue weighted by atomic mass is 35.7. The summed E-state index contributed by atoms with van der Waals surface area (Å²) in [6.45, 7) is 0. The summed E-state index contributed by atoms with van der Waals surface area (Å²) < 4.78 is 31.8. The van der Waals surface area contributed by atoms with E-state index in [-0.39, 0.29) is 11.5 Å². The normalized spacial score (nSPS) is 11.0. The van der Waals surface area contributed by atoms with Crippen LogP contribution in [0.15, 0.2) is 17.0 Å². The predicted octanol–water partition coefficient (Wildman–Crippen LogP) is 1.54. The first-order valence-electron chi connectivity index (χ1n) is 4.16. The third-order valence-electron chi connectivity index (χ3n) is 1.91. The molecule has 0 radical (unpaired) electrons. The number of nitro groups is 1. The molecule has 1 aromatic carbocycles. The Kier molecular flexibility index (Phi) is 3.79. The Balaban J connectivity index is 3.63. The first-order chi connectivity index (χ1) is 7.81. The van der Waals surface area contributed by atoms with Crippen molar-refractivity contribution in [1.82, 2.24) is 0 Å². The van der Waals surface area contributed by atoms with Crippen LogP contribution in [-0.2, 0) is 9.05 Å². The molecule has 9 heteroatoms. The summed E-state index contributed by atoms with van der Waals surface area (Å²) in [7, 11) is 3.47. The lowest BCUT2D eigenvalue weighted by Crippen LogP contribution is -2.00. The molecular weight excluding hydrogens is 274 g/mol. The molecule has 0 heterocycles. The molecule has 0 fully saturated rings. The van der Waals surface area contributed by atoms with Gasteiger partial charge in [-0.3, -0.25) is 10.1 Å². The number of nitro benzene ring substituents is 1. The van der Waals surface area contributed by atoms with Crippen molar-refractivity contribution in [1.29, 1.82) is 0 Å². The first kappa shape index (κ1) is 13.5. The van der Waals surface area contributed by atoms with Gasteiger partial charge in [-0.1, -0.05) is 0 Å². The largest absolute Gasteiger partial charge is 0.493 e. The minimum absolute atomic E-state index is 0.0825. The lowest BCUT2D eigenvalue weighted by atomic mass is 10.2. The fraction of sp³-hybridized carbons (Fsp3) is 0.250. The number of ether oxygens (including phenoxy) is 2. The number of hydrogen-bond acceptors (Lipinski definition) is 6. The molecule has 0 saturated heterocycles. The van der Waals surface area contributed by atoms with E-state index in [1.54, 1.807) is 0 Å². The van der Waals surface area contributed by atoms with E-state index in [4.69, 9.17) is 20.2 Å². The zero-order valence-electron chi connectivity index (χ0n) is 8.84. The molecule has 1 rings (SSSR count). The van der Waals surface area contributed by atoms with E-state index in [1.165, 1.54) is 14.2 Å². The van der Waals surface area contributed by atoms with E-state index in [2.05, 4.69) is 0 Å². The molecule has 94 valence electrons. The van der Waals surface area contributed by atoms with Gasteiger partial charge < -0.3 is 9.47 Å². The molecule has 0 aliphatic carbocycles. The zero-order chi connectivity index (χ0) is 13.2. The van der Waals surface area contributed by atoms with Gasteiger partial charge in [-0.15, -0.1) is 0 Å². The molecule has 0 amide bonds. The van der Waals surface area contributed by atoms with Crippen LogP contribution in [-0.4, -0.2) is 27.6 Å². The number of halogens is 1. The summed E-state index contributed by atoms with van der Waals surface area (Å²) in [4.78, 5) is 9.55. The average molecular weight is 282 g/mol. The lowest BCUT2D eigenvalue weighted by Gasteiger charge is -2.08. The average Bonchev–Trinajstić information content (AvgIpc) is 2.25. The van der Waals surface area contributed by atoms with Crippen molar-refractivity contribution >= 4 is 25.4 Å². The Labute approximate surface area is 101 Å². The Bertz CT molecular complexity index is 555. The van der Waals surface area contributed by atoms with Crippen LogP contribution in [0.25, 0.3) is 0 Å². The van der Waals surface area contributed by atoms with Gasteiger partial charge in [-0.05, 0) is 0 Å². The van der Waals surface area contributed by atoms with E-state index >= 15 is 0 Å². The van der Waals surface area contributed by atoms with Gasteiger partial charge in [-0.2, -0.15) is 0 Å². The Morgan fingerprint density at radius 1 is 1.29 bits per heavy atom. The fourth-order valence-electron chi connectivity index (χ4n) is 1.20. The van der Waals surface area contributed by atoms with Crippen molar-refractivity contribution in [3.05, 3.63) is 22.2 Å². The quantitative estimate of drug-likeness (QED) is 0.472. The van der Waals surface area contributed by atoms with E-state index in [9.17, 15) is 18.5 Å². The summed E-state index contributed by atoms with van der Waals surface area (Å²) in [6.07, 6.45) is 0. The molecule has 0 aliphatic heterocycles. The van der Waals surface area contributed by atoms with Crippen LogP contribution < -0.4 is 9.47 Å². The molecule has 17 heavy (non-hydrogen) atoms. The van der Waals surface area contributed by atoms with Crippen LogP contribution in [0.5, 0.6) is 11.5 Å². The molecule has 0 aliphatic rings. The maximum Gasteiger partial charge on any atom is 0.316 e. The fourth-order valence-corrected chi connectivity index (χ4v) is 1.96. The van der Waals surface area contributed by atoms with Gasteiger partial charge in [0.25, 0.3) is 9.05 Å². The first-order valence-corrected chi connectivity index (χ1v) is 6.47.